The first-order valence-corrected chi connectivity index (χ1v) is 11.2. The van der Waals surface area contributed by atoms with Crippen molar-refractivity contribution in [3.8, 4) is 22.8 Å². The minimum Gasteiger partial charge on any atom is -0.444 e. The Balaban J connectivity index is 1.22. The second kappa shape index (κ2) is 8.80. The summed E-state index contributed by atoms with van der Waals surface area (Å²) in [6, 6.07) is 0.793. The van der Waals surface area contributed by atoms with Crippen LogP contribution in [-0.4, -0.2) is 78.1 Å². The fourth-order valence-electron chi connectivity index (χ4n) is 4.36. The van der Waals surface area contributed by atoms with E-state index in [1.807, 2.05) is 10.9 Å². The number of hydrogen-bond donors (Lipinski definition) is 2. The van der Waals surface area contributed by atoms with E-state index in [1.165, 1.54) is 6.26 Å². The molecule has 2 N–H and O–H groups in total. The lowest BCUT2D eigenvalue weighted by molar-refractivity contribution is -0.0162. The predicted octanol–water partition coefficient (Wildman–Crippen LogP) is 2.01. The van der Waals surface area contributed by atoms with Gasteiger partial charge in [-0.25, -0.2) is 4.98 Å². The average molecular weight is 461 g/mol. The summed E-state index contributed by atoms with van der Waals surface area (Å²) in [7, 11) is 0. The molecule has 12 heteroatoms. The van der Waals surface area contributed by atoms with Crippen LogP contribution in [0, 0.1) is 0 Å². The normalized spacial score (nSPS) is 20.7. The molecule has 0 unspecified atom stereocenters. The number of nitrogens with zero attached hydrogens (tertiary/aromatic N) is 7. The van der Waals surface area contributed by atoms with Crippen LogP contribution in [0.3, 0.4) is 0 Å². The SMILES string of the molecule is O=C(Nc1cn([C@H]2C[C@H](N3CCOCC3)C2)nc1-c1cnccn1)c1coc(-c2cn[nH]c2)n1. The van der Waals surface area contributed by atoms with Gasteiger partial charge in [-0.2, -0.15) is 10.2 Å². The standard InChI is InChI=1S/C22H23N9O3/c32-21(19-13-34-22(28-19)14-9-25-26-10-14)27-18-12-31(29-20(18)17-11-23-1-2-24-17)16-7-15(8-16)30-3-5-33-6-4-30/h1-2,9-13,15-16H,3-8H2,(H,25,26)(H,27,32)/t15-,16-. The molecule has 0 radical (unpaired) electrons. The molecule has 0 bridgehead atoms. The largest absolute Gasteiger partial charge is 0.444 e. The molecule has 1 aliphatic heterocycles. The molecule has 4 aromatic rings. The van der Waals surface area contributed by atoms with Crippen LogP contribution in [0.4, 0.5) is 5.69 Å². The van der Waals surface area contributed by atoms with Crippen LogP contribution in [0.5, 0.6) is 0 Å². The molecule has 1 saturated heterocycles. The lowest BCUT2D eigenvalue weighted by Crippen LogP contribution is -2.50. The number of H-pyrrole nitrogens is 1. The Bertz CT molecular complexity index is 1260. The molecule has 2 fully saturated rings. The van der Waals surface area contributed by atoms with Crippen molar-refractivity contribution in [2.24, 2.45) is 0 Å². The highest BCUT2D eigenvalue weighted by Crippen LogP contribution is 2.38. The van der Waals surface area contributed by atoms with Crippen LogP contribution in [0.1, 0.15) is 29.4 Å². The summed E-state index contributed by atoms with van der Waals surface area (Å²) >= 11 is 0. The summed E-state index contributed by atoms with van der Waals surface area (Å²) in [4.78, 5) is 28.2. The number of carbonyl (C=O) groups is 1. The molecular weight excluding hydrogens is 438 g/mol. The average Bonchev–Trinajstić information content (AvgIpc) is 3.60. The zero-order chi connectivity index (χ0) is 22.9. The third-order valence-electron chi connectivity index (χ3n) is 6.29. The summed E-state index contributed by atoms with van der Waals surface area (Å²) in [5.74, 6) is -0.0876. The highest BCUT2D eigenvalue weighted by Gasteiger charge is 2.36. The van der Waals surface area contributed by atoms with Crippen molar-refractivity contribution in [3.63, 3.8) is 0 Å². The van der Waals surface area contributed by atoms with E-state index in [0.717, 1.165) is 39.1 Å². The lowest BCUT2D eigenvalue weighted by atomic mass is 9.85. The van der Waals surface area contributed by atoms with E-state index in [2.05, 4.69) is 35.4 Å². The molecular formula is C22H23N9O3. The Kier molecular flexibility index (Phi) is 5.35. The molecule has 1 saturated carbocycles. The van der Waals surface area contributed by atoms with Crippen molar-refractivity contribution in [1.82, 2.24) is 39.8 Å². The molecule has 1 amide bonds. The Morgan fingerprint density at radius 3 is 2.79 bits per heavy atom. The van der Waals surface area contributed by atoms with Crippen molar-refractivity contribution in [2.75, 3.05) is 31.6 Å². The van der Waals surface area contributed by atoms with Crippen LogP contribution in [0.25, 0.3) is 22.8 Å². The molecule has 0 spiro atoms. The molecule has 6 rings (SSSR count). The molecule has 2 aliphatic rings. The number of amides is 1. The Labute approximate surface area is 194 Å². The van der Waals surface area contributed by atoms with Crippen molar-refractivity contribution < 1.29 is 13.9 Å². The molecule has 1 aliphatic carbocycles. The van der Waals surface area contributed by atoms with Gasteiger partial charge in [-0.3, -0.25) is 29.4 Å². The monoisotopic (exact) mass is 461 g/mol. The summed E-state index contributed by atoms with van der Waals surface area (Å²) < 4.78 is 12.8. The van der Waals surface area contributed by atoms with Gasteiger partial charge in [0, 0.05) is 43.9 Å². The second-order valence-electron chi connectivity index (χ2n) is 8.37. The number of aromatic amines is 1. The van der Waals surface area contributed by atoms with Crippen molar-refractivity contribution in [2.45, 2.75) is 24.9 Å². The summed E-state index contributed by atoms with van der Waals surface area (Å²) in [5, 5.41) is 14.3. The van der Waals surface area contributed by atoms with Gasteiger partial charge in [-0.1, -0.05) is 0 Å². The zero-order valence-electron chi connectivity index (χ0n) is 18.3. The molecule has 0 atom stereocenters. The van der Waals surface area contributed by atoms with E-state index in [9.17, 15) is 4.79 Å². The van der Waals surface area contributed by atoms with Gasteiger partial charge in [-0.15, -0.1) is 0 Å². The van der Waals surface area contributed by atoms with Gasteiger partial charge >= 0.3 is 0 Å². The number of aromatic nitrogens is 7. The van der Waals surface area contributed by atoms with Crippen LogP contribution in [0.2, 0.25) is 0 Å². The smallest absolute Gasteiger partial charge is 0.277 e. The lowest BCUT2D eigenvalue weighted by Gasteiger charge is -2.44. The van der Waals surface area contributed by atoms with Gasteiger partial charge < -0.3 is 14.5 Å². The maximum atomic E-state index is 13.0. The topological polar surface area (TPSA) is 140 Å². The molecule has 34 heavy (non-hydrogen) atoms. The number of morpholine rings is 1. The third kappa shape index (κ3) is 3.97. The Morgan fingerprint density at radius 2 is 2.03 bits per heavy atom. The Hall–Kier alpha value is -3.90. The van der Waals surface area contributed by atoms with Crippen LogP contribution in [-0.2, 0) is 4.74 Å². The first-order valence-electron chi connectivity index (χ1n) is 11.2. The van der Waals surface area contributed by atoms with Crippen LogP contribution >= 0.6 is 0 Å². The zero-order valence-corrected chi connectivity index (χ0v) is 18.3. The van der Waals surface area contributed by atoms with Gasteiger partial charge in [0.1, 0.15) is 17.7 Å². The molecule has 4 aromatic heterocycles. The maximum absolute atomic E-state index is 13.0. The first-order chi connectivity index (χ1) is 16.7. The highest BCUT2D eigenvalue weighted by atomic mass is 16.5. The summed E-state index contributed by atoms with van der Waals surface area (Å²) in [6.45, 7) is 3.53. The molecule has 12 nitrogen and oxygen atoms in total. The van der Waals surface area contributed by atoms with Crippen molar-refractivity contribution in [3.05, 3.63) is 49.1 Å². The molecule has 5 heterocycles. The van der Waals surface area contributed by atoms with Crippen molar-refractivity contribution >= 4 is 11.6 Å². The first kappa shape index (κ1) is 20.7. The van der Waals surface area contributed by atoms with Gasteiger partial charge in [0.05, 0.1) is 42.9 Å². The molecule has 0 aromatic carbocycles. The fraction of sp³-hybridized carbons (Fsp3) is 0.364. The van der Waals surface area contributed by atoms with Crippen LogP contribution < -0.4 is 5.32 Å². The van der Waals surface area contributed by atoms with Gasteiger partial charge in [-0.05, 0) is 12.8 Å². The van der Waals surface area contributed by atoms with E-state index < -0.39 is 5.91 Å². The summed E-state index contributed by atoms with van der Waals surface area (Å²) in [5.41, 5.74) is 2.51. The number of rotatable bonds is 6. The fourth-order valence-corrected chi connectivity index (χ4v) is 4.36. The number of ether oxygens (including phenoxy) is 1. The number of carbonyl (C=O) groups excluding carboxylic acids is 1. The third-order valence-corrected chi connectivity index (χ3v) is 6.29. The number of anilines is 1. The van der Waals surface area contributed by atoms with Gasteiger partial charge in [0.15, 0.2) is 5.69 Å². The quantitative estimate of drug-likeness (QED) is 0.441. The predicted molar refractivity (Wildman–Crippen MR) is 120 cm³/mol. The van der Waals surface area contributed by atoms with Gasteiger partial charge in [0.25, 0.3) is 5.91 Å². The van der Waals surface area contributed by atoms with Crippen molar-refractivity contribution in [1.29, 1.82) is 0 Å². The number of hydrogen-bond acceptors (Lipinski definition) is 9. The van der Waals surface area contributed by atoms with E-state index in [0.29, 0.717) is 34.6 Å². The minimum atomic E-state index is -0.400. The number of oxazole rings is 1. The van der Waals surface area contributed by atoms with E-state index in [-0.39, 0.29) is 11.7 Å². The van der Waals surface area contributed by atoms with Crippen LogP contribution in [0.15, 0.2) is 47.9 Å². The summed E-state index contributed by atoms with van der Waals surface area (Å²) in [6.07, 6.45) is 13.3. The minimum absolute atomic E-state index is 0.157. The van der Waals surface area contributed by atoms with Gasteiger partial charge in [0.2, 0.25) is 5.89 Å². The Morgan fingerprint density at radius 1 is 1.15 bits per heavy atom. The number of nitrogens with one attached hydrogen (secondary N) is 2. The van der Waals surface area contributed by atoms with E-state index >= 15 is 0 Å². The maximum Gasteiger partial charge on any atom is 0.277 e. The van der Waals surface area contributed by atoms with E-state index in [4.69, 9.17) is 14.3 Å². The van der Waals surface area contributed by atoms with E-state index in [1.54, 1.807) is 31.0 Å². The highest BCUT2D eigenvalue weighted by molar-refractivity contribution is 6.04. The molecule has 174 valence electrons. The second-order valence-corrected chi connectivity index (χ2v) is 8.37.